The summed E-state index contributed by atoms with van der Waals surface area (Å²) in [6, 6.07) is 8.48. The number of hydrogen-bond donors (Lipinski definition) is 0. The molecular formula is C30H30BrIN2O6S. The molecule has 0 N–H and O–H groups in total. The van der Waals surface area contributed by atoms with E-state index in [-0.39, 0.29) is 18.3 Å². The fourth-order valence-electron chi connectivity index (χ4n) is 4.41. The molecule has 8 nitrogen and oxygen atoms in total. The Hall–Kier alpha value is -2.90. The van der Waals surface area contributed by atoms with Gasteiger partial charge in [0.2, 0.25) is 0 Å². The van der Waals surface area contributed by atoms with E-state index in [0.29, 0.717) is 50.0 Å². The van der Waals surface area contributed by atoms with Crippen molar-refractivity contribution < 1.29 is 23.7 Å². The number of halogens is 2. The van der Waals surface area contributed by atoms with Crippen LogP contribution in [0, 0.1) is 3.57 Å². The molecule has 1 aromatic heterocycles. The second-order valence-electron chi connectivity index (χ2n) is 9.29. The Bertz CT molecular complexity index is 1690. The number of benzene rings is 2. The average Bonchev–Trinajstić information content (AvgIpc) is 3.21. The first-order valence-corrected chi connectivity index (χ1v) is 15.5. The maximum atomic E-state index is 14.0. The van der Waals surface area contributed by atoms with Crippen LogP contribution in [0.2, 0.25) is 0 Å². The molecule has 1 aliphatic rings. The van der Waals surface area contributed by atoms with Gasteiger partial charge in [-0.25, -0.2) is 9.79 Å². The maximum absolute atomic E-state index is 14.0. The van der Waals surface area contributed by atoms with E-state index in [4.69, 9.17) is 18.9 Å². The van der Waals surface area contributed by atoms with Crippen LogP contribution in [-0.2, 0) is 9.53 Å². The maximum Gasteiger partial charge on any atom is 0.338 e. The van der Waals surface area contributed by atoms with E-state index in [1.165, 1.54) is 11.3 Å². The Kier molecular flexibility index (Phi) is 10.1. The Balaban J connectivity index is 1.91. The molecule has 3 aromatic rings. The van der Waals surface area contributed by atoms with Crippen LogP contribution < -0.4 is 29.1 Å². The first-order valence-electron chi connectivity index (χ1n) is 12.9. The molecule has 216 valence electrons. The van der Waals surface area contributed by atoms with Crippen LogP contribution >= 0.6 is 49.9 Å². The molecule has 0 unspecified atom stereocenters. The zero-order valence-corrected chi connectivity index (χ0v) is 27.9. The molecule has 0 fully saturated rings. The molecule has 0 spiro atoms. The van der Waals surface area contributed by atoms with Gasteiger partial charge in [0.1, 0.15) is 12.4 Å². The van der Waals surface area contributed by atoms with Gasteiger partial charge in [-0.2, -0.15) is 0 Å². The van der Waals surface area contributed by atoms with E-state index in [1.54, 1.807) is 43.7 Å². The summed E-state index contributed by atoms with van der Waals surface area (Å²) in [7, 11) is 1.55. The van der Waals surface area contributed by atoms with Crippen LogP contribution in [-0.4, -0.2) is 37.0 Å². The van der Waals surface area contributed by atoms with Gasteiger partial charge in [-0.1, -0.05) is 30.1 Å². The molecule has 1 atom stereocenters. The Morgan fingerprint density at radius 3 is 2.66 bits per heavy atom. The Morgan fingerprint density at radius 1 is 1.27 bits per heavy atom. The number of thiazole rings is 1. The monoisotopic (exact) mass is 752 g/mol. The van der Waals surface area contributed by atoms with Crippen LogP contribution in [0.4, 0.5) is 0 Å². The topological polar surface area (TPSA) is 88.3 Å². The highest BCUT2D eigenvalue weighted by molar-refractivity contribution is 14.1. The molecule has 1 aliphatic heterocycles. The summed E-state index contributed by atoms with van der Waals surface area (Å²) in [5, 5.41) is 0. The standard InChI is InChI=1S/C30H30BrIN2O6S/c1-7-11-39-27-20(31)12-18(13-21(27)32)14-24-28(35)34-26(19-9-10-22(40-16(3)4)23(15-19)37-6)25(29(36)38-8-2)17(5)33-30(34)41-24/h7,9-10,12-16,26H,1,8,11H2,2-6H3/b24-14-/t26-/m0/s1. The third kappa shape index (κ3) is 6.62. The minimum Gasteiger partial charge on any atom is -0.493 e. The molecule has 0 bridgehead atoms. The van der Waals surface area contributed by atoms with Gasteiger partial charge in [-0.15, -0.1) is 0 Å². The molecule has 0 aliphatic carbocycles. The summed E-state index contributed by atoms with van der Waals surface area (Å²) in [5.74, 6) is 1.24. The third-order valence-electron chi connectivity index (χ3n) is 6.05. The smallest absolute Gasteiger partial charge is 0.338 e. The number of aromatic nitrogens is 1. The fraction of sp³-hybridized carbons (Fsp3) is 0.300. The first kappa shape index (κ1) is 31.0. The molecular weight excluding hydrogens is 723 g/mol. The lowest BCUT2D eigenvalue weighted by Crippen LogP contribution is -2.40. The van der Waals surface area contributed by atoms with Gasteiger partial charge >= 0.3 is 5.97 Å². The van der Waals surface area contributed by atoms with Crippen molar-refractivity contribution in [2.75, 3.05) is 20.3 Å². The van der Waals surface area contributed by atoms with E-state index < -0.39 is 12.0 Å². The van der Waals surface area contributed by atoms with Crippen molar-refractivity contribution in [1.82, 2.24) is 4.57 Å². The van der Waals surface area contributed by atoms with E-state index in [0.717, 1.165) is 13.6 Å². The van der Waals surface area contributed by atoms with Crippen molar-refractivity contribution in [3.8, 4) is 17.2 Å². The van der Waals surface area contributed by atoms with Crippen molar-refractivity contribution in [2.45, 2.75) is 39.8 Å². The molecule has 4 rings (SSSR count). The van der Waals surface area contributed by atoms with Crippen LogP contribution in [0.25, 0.3) is 6.08 Å². The quantitative estimate of drug-likeness (QED) is 0.154. The largest absolute Gasteiger partial charge is 0.493 e. The normalized spacial score (nSPS) is 14.9. The molecule has 2 heterocycles. The van der Waals surface area contributed by atoms with Crippen molar-refractivity contribution in [2.24, 2.45) is 4.99 Å². The molecule has 0 saturated carbocycles. The summed E-state index contributed by atoms with van der Waals surface area (Å²) in [6.07, 6.45) is 3.44. The summed E-state index contributed by atoms with van der Waals surface area (Å²) in [4.78, 5) is 32.3. The van der Waals surface area contributed by atoms with Gasteiger partial charge in [-0.05, 0) is 108 Å². The zero-order chi connectivity index (χ0) is 29.8. The number of esters is 1. The first-order chi connectivity index (χ1) is 19.6. The highest BCUT2D eigenvalue weighted by atomic mass is 127. The van der Waals surface area contributed by atoms with Crippen LogP contribution in [0.5, 0.6) is 17.2 Å². The Morgan fingerprint density at radius 2 is 2.02 bits per heavy atom. The van der Waals surface area contributed by atoms with Crippen molar-refractivity contribution >= 4 is 61.9 Å². The lowest BCUT2D eigenvalue weighted by Gasteiger charge is -2.25. The summed E-state index contributed by atoms with van der Waals surface area (Å²) in [6.45, 7) is 11.6. The highest BCUT2D eigenvalue weighted by Crippen LogP contribution is 2.37. The number of fused-ring (bicyclic) bond motifs is 1. The molecule has 11 heteroatoms. The van der Waals surface area contributed by atoms with Crippen LogP contribution in [0.15, 0.2) is 68.5 Å². The van der Waals surface area contributed by atoms with Gasteiger partial charge < -0.3 is 18.9 Å². The molecule has 0 radical (unpaired) electrons. The van der Waals surface area contributed by atoms with Crippen molar-refractivity contribution in [3.63, 3.8) is 0 Å². The van der Waals surface area contributed by atoms with Crippen LogP contribution in [0.1, 0.15) is 44.9 Å². The summed E-state index contributed by atoms with van der Waals surface area (Å²) < 4.78 is 26.3. The number of ether oxygens (including phenoxy) is 4. The fourth-order valence-corrected chi connectivity index (χ4v) is 7.22. The highest BCUT2D eigenvalue weighted by Gasteiger charge is 2.34. The number of rotatable bonds is 10. The summed E-state index contributed by atoms with van der Waals surface area (Å²) >= 11 is 7.04. The average molecular weight is 753 g/mol. The second kappa shape index (κ2) is 13.4. The molecule has 0 saturated heterocycles. The van der Waals surface area contributed by atoms with Crippen LogP contribution in [0.3, 0.4) is 0 Å². The molecule has 2 aromatic carbocycles. The number of hydrogen-bond acceptors (Lipinski definition) is 8. The summed E-state index contributed by atoms with van der Waals surface area (Å²) in [5.41, 5.74) is 2.00. The minimum atomic E-state index is -0.768. The SMILES string of the molecule is C=CCOc1c(Br)cc(/C=c2\sc3n(c2=O)[C@@H](c2ccc(OC(C)C)c(OC)c2)C(C(=O)OCC)=C(C)N=3)cc1I. The predicted molar refractivity (Wildman–Crippen MR) is 172 cm³/mol. The van der Waals surface area contributed by atoms with E-state index in [1.807, 2.05) is 38.1 Å². The van der Waals surface area contributed by atoms with Gasteiger partial charge in [0, 0.05) is 0 Å². The number of carbonyl (C=O) groups is 1. The Labute approximate surface area is 264 Å². The molecule has 0 amide bonds. The van der Waals surface area contributed by atoms with Gasteiger partial charge in [0.25, 0.3) is 5.56 Å². The molecule has 41 heavy (non-hydrogen) atoms. The van der Waals surface area contributed by atoms with E-state index in [2.05, 4.69) is 50.1 Å². The predicted octanol–water partition coefficient (Wildman–Crippen LogP) is 5.53. The van der Waals surface area contributed by atoms with Crippen molar-refractivity contribution in [1.29, 1.82) is 0 Å². The minimum absolute atomic E-state index is 0.0598. The van der Waals surface area contributed by atoms with Gasteiger partial charge in [0.15, 0.2) is 16.3 Å². The van der Waals surface area contributed by atoms with Crippen molar-refractivity contribution in [3.05, 3.63) is 93.1 Å². The lowest BCUT2D eigenvalue weighted by molar-refractivity contribution is -0.139. The number of allylic oxidation sites excluding steroid dienone is 1. The zero-order valence-electron chi connectivity index (χ0n) is 23.3. The van der Waals surface area contributed by atoms with Gasteiger partial charge in [-0.3, -0.25) is 9.36 Å². The van der Waals surface area contributed by atoms with Gasteiger partial charge in [0.05, 0.1) is 49.7 Å². The second-order valence-corrected chi connectivity index (χ2v) is 12.3. The van der Waals surface area contributed by atoms with E-state index >= 15 is 0 Å². The number of methoxy groups -OCH3 is 1. The van der Waals surface area contributed by atoms with E-state index in [9.17, 15) is 9.59 Å². The lowest BCUT2D eigenvalue weighted by atomic mass is 9.95. The third-order valence-corrected chi connectivity index (χ3v) is 8.42. The number of nitrogens with zero attached hydrogens (tertiary/aromatic N) is 2. The number of carbonyl (C=O) groups excluding carboxylic acids is 1.